The van der Waals surface area contributed by atoms with Crippen LogP contribution in [0.2, 0.25) is 0 Å². The van der Waals surface area contributed by atoms with Gasteiger partial charge in [-0.25, -0.2) is 0 Å². The fraction of sp³-hybridized carbons (Fsp3) is 0.200. The van der Waals surface area contributed by atoms with Gasteiger partial charge in [-0.1, -0.05) is 0 Å². The summed E-state index contributed by atoms with van der Waals surface area (Å²) in [4.78, 5) is 10.0. The van der Waals surface area contributed by atoms with Crippen molar-refractivity contribution in [2.75, 3.05) is 0 Å². The van der Waals surface area contributed by atoms with Crippen molar-refractivity contribution in [2.45, 2.75) is 6.04 Å². The molecule has 4 heteroatoms. The molecule has 48 valence electrons. The van der Waals surface area contributed by atoms with Crippen LogP contribution in [0.4, 0.5) is 0 Å². The molecule has 1 atom stereocenters. The molecule has 0 unspecified atom stereocenters. The van der Waals surface area contributed by atoms with Crippen LogP contribution >= 0.6 is 11.5 Å². The molecule has 0 radical (unpaired) electrons. The van der Waals surface area contributed by atoms with E-state index >= 15 is 0 Å². The standard InChI is InChI=1S/C5H6N2OS/c6-4(3-8)5-1-2-9-7-5/h1-4H,6H2/t4-/m1/s1. The van der Waals surface area contributed by atoms with E-state index in [0.29, 0.717) is 12.0 Å². The zero-order valence-corrected chi connectivity index (χ0v) is 5.47. The lowest BCUT2D eigenvalue weighted by Gasteiger charge is -1.93. The molecule has 0 aliphatic heterocycles. The maximum atomic E-state index is 10.0. The molecule has 0 aliphatic rings. The number of hydrogen-bond donors (Lipinski definition) is 1. The Labute approximate surface area is 56.7 Å². The average Bonchev–Trinajstić information content (AvgIpc) is 2.37. The monoisotopic (exact) mass is 142 g/mol. The summed E-state index contributed by atoms with van der Waals surface area (Å²) >= 11 is 1.29. The smallest absolute Gasteiger partial charge is 0.142 e. The van der Waals surface area contributed by atoms with Gasteiger partial charge in [0.15, 0.2) is 0 Å². The summed E-state index contributed by atoms with van der Waals surface area (Å²) in [6, 6.07) is 1.19. The van der Waals surface area contributed by atoms with Crippen LogP contribution in [0.3, 0.4) is 0 Å². The zero-order chi connectivity index (χ0) is 6.69. The van der Waals surface area contributed by atoms with Gasteiger partial charge in [0.1, 0.15) is 12.3 Å². The first-order valence-electron chi connectivity index (χ1n) is 2.45. The Morgan fingerprint density at radius 2 is 2.67 bits per heavy atom. The van der Waals surface area contributed by atoms with Crippen LogP contribution < -0.4 is 5.73 Å². The highest BCUT2D eigenvalue weighted by molar-refractivity contribution is 7.03. The first-order valence-corrected chi connectivity index (χ1v) is 3.29. The van der Waals surface area contributed by atoms with Gasteiger partial charge in [-0.2, -0.15) is 4.37 Å². The summed E-state index contributed by atoms with van der Waals surface area (Å²) in [6.07, 6.45) is 0.676. The first-order chi connectivity index (χ1) is 4.34. The molecule has 0 aliphatic carbocycles. The molecule has 0 aromatic carbocycles. The van der Waals surface area contributed by atoms with Crippen molar-refractivity contribution in [3.8, 4) is 0 Å². The molecule has 9 heavy (non-hydrogen) atoms. The Balaban J connectivity index is 2.76. The molecule has 0 saturated heterocycles. The largest absolute Gasteiger partial charge is 0.317 e. The minimum atomic E-state index is -0.545. The second kappa shape index (κ2) is 2.70. The maximum absolute atomic E-state index is 10.0. The Bertz CT molecular complexity index is 185. The van der Waals surface area contributed by atoms with Crippen molar-refractivity contribution in [3.63, 3.8) is 0 Å². The molecular formula is C5H6N2OS. The normalized spacial score (nSPS) is 13.0. The number of aromatic nitrogens is 1. The number of nitrogens with zero attached hydrogens (tertiary/aromatic N) is 1. The number of hydrogen-bond acceptors (Lipinski definition) is 4. The van der Waals surface area contributed by atoms with Gasteiger partial charge in [0.2, 0.25) is 0 Å². The van der Waals surface area contributed by atoms with Crippen molar-refractivity contribution in [1.82, 2.24) is 4.37 Å². The fourth-order valence-electron chi connectivity index (χ4n) is 0.464. The lowest BCUT2D eigenvalue weighted by Crippen LogP contribution is -2.10. The Morgan fingerprint density at radius 3 is 3.11 bits per heavy atom. The summed E-state index contributed by atoms with van der Waals surface area (Å²) < 4.78 is 3.87. The van der Waals surface area contributed by atoms with Crippen LogP contribution in [0.15, 0.2) is 11.4 Å². The third-order valence-corrected chi connectivity index (χ3v) is 1.52. The molecule has 3 nitrogen and oxygen atoms in total. The molecule has 1 heterocycles. The predicted octanol–water partition coefficient (Wildman–Crippen LogP) is 0.342. The van der Waals surface area contributed by atoms with Crippen molar-refractivity contribution in [3.05, 3.63) is 17.1 Å². The molecule has 0 spiro atoms. The van der Waals surface area contributed by atoms with E-state index in [1.807, 2.05) is 0 Å². The highest BCUT2D eigenvalue weighted by Crippen LogP contribution is 2.05. The molecule has 0 saturated carbocycles. The Kier molecular flexibility index (Phi) is 1.92. The van der Waals surface area contributed by atoms with Crippen LogP contribution in [0.5, 0.6) is 0 Å². The SMILES string of the molecule is N[C@H](C=O)c1ccsn1. The van der Waals surface area contributed by atoms with Gasteiger partial charge in [-0.15, -0.1) is 0 Å². The van der Waals surface area contributed by atoms with E-state index in [9.17, 15) is 4.79 Å². The van der Waals surface area contributed by atoms with Crippen LogP contribution in [0.25, 0.3) is 0 Å². The van der Waals surface area contributed by atoms with Gasteiger partial charge in [0.25, 0.3) is 0 Å². The van der Waals surface area contributed by atoms with Crippen LogP contribution in [0.1, 0.15) is 11.7 Å². The number of carbonyl (C=O) groups is 1. The average molecular weight is 142 g/mol. The quantitative estimate of drug-likeness (QED) is 0.606. The first kappa shape index (κ1) is 6.38. The number of nitrogens with two attached hydrogens (primary N) is 1. The van der Waals surface area contributed by atoms with Crippen molar-refractivity contribution < 1.29 is 4.79 Å². The van der Waals surface area contributed by atoms with Crippen LogP contribution in [-0.4, -0.2) is 10.7 Å². The van der Waals surface area contributed by atoms with E-state index in [1.165, 1.54) is 11.5 Å². The zero-order valence-electron chi connectivity index (χ0n) is 4.65. The molecule has 1 aromatic rings. The van der Waals surface area contributed by atoms with E-state index in [2.05, 4.69) is 4.37 Å². The van der Waals surface area contributed by atoms with E-state index in [-0.39, 0.29) is 0 Å². The molecule has 0 fully saturated rings. The minimum Gasteiger partial charge on any atom is -0.317 e. The molecule has 2 N–H and O–H groups in total. The Morgan fingerprint density at radius 1 is 1.89 bits per heavy atom. The second-order valence-electron chi connectivity index (χ2n) is 1.59. The van der Waals surface area contributed by atoms with Crippen LogP contribution in [0, 0.1) is 0 Å². The summed E-state index contributed by atoms with van der Waals surface area (Å²) in [6.45, 7) is 0. The number of aldehydes is 1. The van der Waals surface area contributed by atoms with Crippen LogP contribution in [-0.2, 0) is 4.79 Å². The van der Waals surface area contributed by atoms with Gasteiger partial charge in [0.05, 0.1) is 5.69 Å². The second-order valence-corrected chi connectivity index (χ2v) is 2.25. The van der Waals surface area contributed by atoms with Gasteiger partial charge in [0, 0.05) is 5.38 Å². The molecule has 0 bridgehead atoms. The van der Waals surface area contributed by atoms with Gasteiger partial charge < -0.3 is 10.5 Å². The molecule has 1 aromatic heterocycles. The topological polar surface area (TPSA) is 56.0 Å². The summed E-state index contributed by atoms with van der Waals surface area (Å²) in [5.74, 6) is 0. The third-order valence-electron chi connectivity index (χ3n) is 0.946. The summed E-state index contributed by atoms with van der Waals surface area (Å²) in [5.41, 5.74) is 5.96. The highest BCUT2D eigenvalue weighted by Gasteiger charge is 2.03. The number of rotatable bonds is 2. The molecule has 0 amide bonds. The van der Waals surface area contributed by atoms with Crippen molar-refractivity contribution >= 4 is 17.8 Å². The fourth-order valence-corrected chi connectivity index (χ4v) is 1.03. The van der Waals surface area contributed by atoms with E-state index in [4.69, 9.17) is 5.73 Å². The summed E-state index contributed by atoms with van der Waals surface area (Å²) in [5, 5.41) is 1.79. The van der Waals surface area contributed by atoms with Crippen molar-refractivity contribution in [2.24, 2.45) is 5.73 Å². The summed E-state index contributed by atoms with van der Waals surface area (Å²) in [7, 11) is 0. The lowest BCUT2D eigenvalue weighted by atomic mass is 10.2. The Hall–Kier alpha value is -0.740. The number of carbonyl (C=O) groups excluding carboxylic acids is 1. The van der Waals surface area contributed by atoms with E-state index in [0.717, 1.165) is 0 Å². The minimum absolute atomic E-state index is 0.545. The van der Waals surface area contributed by atoms with E-state index in [1.54, 1.807) is 11.4 Å². The van der Waals surface area contributed by atoms with Gasteiger partial charge >= 0.3 is 0 Å². The van der Waals surface area contributed by atoms with Gasteiger partial charge in [-0.05, 0) is 17.6 Å². The molecular weight excluding hydrogens is 136 g/mol. The third kappa shape index (κ3) is 1.34. The predicted molar refractivity (Wildman–Crippen MR) is 35.1 cm³/mol. The lowest BCUT2D eigenvalue weighted by molar-refractivity contribution is -0.109. The van der Waals surface area contributed by atoms with Gasteiger partial charge in [-0.3, -0.25) is 0 Å². The maximum Gasteiger partial charge on any atom is 0.142 e. The van der Waals surface area contributed by atoms with E-state index < -0.39 is 6.04 Å². The highest BCUT2D eigenvalue weighted by atomic mass is 32.1. The molecule has 1 rings (SSSR count). The van der Waals surface area contributed by atoms with Crippen molar-refractivity contribution in [1.29, 1.82) is 0 Å².